The first kappa shape index (κ1) is 14.3. The normalized spacial score (nSPS) is 19.2. The first-order chi connectivity index (χ1) is 42.0. The summed E-state index contributed by atoms with van der Waals surface area (Å²) in [6.45, 7) is 0. The van der Waals surface area contributed by atoms with E-state index in [0.29, 0.717) is 4.57 Å². The van der Waals surface area contributed by atoms with E-state index in [2.05, 4.69) is 0 Å². The predicted octanol–water partition coefficient (Wildman–Crippen LogP) is 14.4. The highest BCUT2D eigenvalue weighted by molar-refractivity contribution is 6.11. The van der Waals surface area contributed by atoms with Crippen molar-refractivity contribution in [3.05, 3.63) is 212 Å². The van der Waals surface area contributed by atoms with Gasteiger partial charge in [0.2, 0.25) is 0 Å². The number of aromatic nitrogens is 2. The summed E-state index contributed by atoms with van der Waals surface area (Å²) in [6, 6.07) is -28.1. The van der Waals surface area contributed by atoms with E-state index >= 15 is 0 Å². The van der Waals surface area contributed by atoms with Crippen LogP contribution in [0.5, 0.6) is 17.2 Å². The van der Waals surface area contributed by atoms with Crippen molar-refractivity contribution >= 4 is 43.6 Å². The fraction of sp³-hybridized carbons (Fsp3) is 0. The molecule has 11 aromatic rings. The SMILES string of the molecule is [2H]c1c([2H])c([2H])c(-c2cc(Oc3c([2H])c([2H])c([2H])c(-c4c([2H])c([2H])c([2H])c([2H])c4-n4c5c([2H])c([2H])c([2H])c([2H])c5c5c([2H])c([2H])c([2H])c([2H])c54)c3[2H])cc(-c3c([2H])c([2H])c([2H])c([2H])c3-n3c4c([2H])c([2H])c([2H])c([2H])c4c4c([2H])c([2H])c([2H])c([2H])c43)c2)c(O)c1[2H]. The minimum atomic E-state index is -1.18. The highest BCUT2D eigenvalue weighted by Crippen LogP contribution is 2.42. The molecule has 0 spiro atoms. The maximum atomic E-state index is 11.6. The van der Waals surface area contributed by atoms with Crippen LogP contribution in [0.1, 0.15) is 43.9 Å². The van der Waals surface area contributed by atoms with Crippen LogP contribution in [-0.2, 0) is 0 Å². The second kappa shape index (κ2) is 13.7. The molecule has 0 atom stereocenters. The lowest BCUT2D eigenvalue weighted by Crippen LogP contribution is -1.98. The summed E-state index contributed by atoms with van der Waals surface area (Å²) in [5.41, 5.74) is -8.66. The maximum absolute atomic E-state index is 11.6. The number of ether oxygens (including phenoxy) is 1. The van der Waals surface area contributed by atoms with E-state index in [1.165, 1.54) is 0 Å². The Morgan fingerprint density at radius 1 is 0.362 bits per heavy atom. The van der Waals surface area contributed by atoms with Crippen molar-refractivity contribution in [1.29, 1.82) is 0 Å². The van der Waals surface area contributed by atoms with E-state index in [-0.39, 0.29) is 0 Å². The van der Waals surface area contributed by atoms with E-state index in [1.807, 2.05) is 0 Å². The van der Waals surface area contributed by atoms with Crippen molar-refractivity contribution in [2.24, 2.45) is 0 Å². The van der Waals surface area contributed by atoms with Crippen molar-refractivity contribution in [3.63, 3.8) is 0 Å². The minimum absolute atomic E-state index is 0.516. The molecule has 58 heavy (non-hydrogen) atoms. The van der Waals surface area contributed by atoms with Crippen molar-refractivity contribution in [3.8, 4) is 62.0 Å². The molecular formula is C54H36N2O2. The van der Waals surface area contributed by atoms with E-state index in [4.69, 9.17) is 34.9 Å². The zero-order chi connectivity index (χ0) is 66.4. The summed E-state index contributed by atoms with van der Waals surface area (Å²) in [5.74, 6) is -2.94. The molecule has 0 aliphatic heterocycles. The van der Waals surface area contributed by atoms with Gasteiger partial charge in [-0.25, -0.2) is 0 Å². The molecule has 0 bridgehead atoms. The largest absolute Gasteiger partial charge is 0.507 e. The van der Waals surface area contributed by atoms with Gasteiger partial charge in [0.1, 0.15) is 17.2 Å². The summed E-state index contributed by atoms with van der Waals surface area (Å²) in [6.07, 6.45) is 0. The monoisotopic (exact) mass is 776 g/mol. The first-order valence-corrected chi connectivity index (χ1v) is 17.0. The Hall–Kier alpha value is -7.82. The lowest BCUT2D eigenvalue weighted by Gasteiger charge is -2.17. The highest BCUT2D eigenvalue weighted by atomic mass is 16.5. The molecule has 0 radical (unpaired) electrons. The van der Waals surface area contributed by atoms with Crippen molar-refractivity contribution < 1.29 is 53.7 Å². The lowest BCUT2D eigenvalue weighted by molar-refractivity contribution is 0.476. The molecule has 4 nitrogen and oxygen atoms in total. The van der Waals surface area contributed by atoms with Gasteiger partial charge in [0.25, 0.3) is 0 Å². The number of rotatable bonds is 7. The van der Waals surface area contributed by atoms with Crippen LogP contribution in [0.4, 0.5) is 0 Å². The Bertz CT molecular complexity index is 5020. The number of hydrogen-bond donors (Lipinski definition) is 1. The molecule has 1 N–H and O–H groups in total. The van der Waals surface area contributed by atoms with Crippen LogP contribution < -0.4 is 4.74 Å². The Kier molecular flexibility index (Phi) is 3.38. The van der Waals surface area contributed by atoms with Gasteiger partial charge in [-0.1, -0.05) is 139 Å². The second-order valence-corrected chi connectivity index (χ2v) is 12.3. The quantitative estimate of drug-likeness (QED) is 0.175. The molecule has 9 aromatic carbocycles. The van der Waals surface area contributed by atoms with E-state index in [1.54, 1.807) is 0 Å². The van der Waals surface area contributed by atoms with E-state index < -0.39 is 299 Å². The summed E-state index contributed by atoms with van der Waals surface area (Å²) < 4.78 is 295. The first-order valence-electron chi connectivity index (χ1n) is 33.0. The Morgan fingerprint density at radius 3 is 1.31 bits per heavy atom. The average molecular weight is 777 g/mol. The molecule has 11 rings (SSSR count). The van der Waals surface area contributed by atoms with Gasteiger partial charge < -0.3 is 19.0 Å². The van der Waals surface area contributed by atoms with Gasteiger partial charge in [0.05, 0.1) is 77.3 Å². The molecule has 0 saturated heterocycles. The summed E-state index contributed by atoms with van der Waals surface area (Å²) in [5, 5.41) is 9.47. The van der Waals surface area contributed by atoms with Gasteiger partial charge in [-0.15, -0.1) is 0 Å². The van der Waals surface area contributed by atoms with Crippen LogP contribution in [0.25, 0.3) is 88.4 Å². The number of phenolic OH excluding ortho intramolecular Hbond substituents is 1. The summed E-state index contributed by atoms with van der Waals surface area (Å²) in [7, 11) is 0. The van der Waals surface area contributed by atoms with Gasteiger partial charge in [-0.3, -0.25) is 0 Å². The molecule has 0 unspecified atom stereocenters. The molecule has 274 valence electrons. The smallest absolute Gasteiger partial charge is 0.128 e. The topological polar surface area (TPSA) is 39.3 Å². The summed E-state index contributed by atoms with van der Waals surface area (Å²) >= 11 is 0. The van der Waals surface area contributed by atoms with E-state index in [9.17, 15) is 18.8 Å². The average Bonchev–Trinajstić information content (AvgIpc) is 1.51. The standard InChI is InChI=1S/C54H36N2O2/c57-54-31-14-7-20-43(54)38-32-37(42-19-2-9-26-49(42)56-52-29-12-5-23-46(52)47-24-6-13-30-53(47)56)34-40(35-38)58-39-17-15-16-36(33-39)41-18-1-8-25-48(41)55-50-27-10-3-21-44(50)45-22-4-11-28-51(45)55/h1-35,57H/i1D,2D,3D,4D,5D,6D,7D,8D,9D,10D,11D,12D,13D,14D,15D,16D,17D,18D,19D,20D,21D,22D,23D,24D,25D,26D,27D,28D,29D,30D,31D,33D. The molecule has 0 saturated carbocycles. The molecule has 0 aliphatic carbocycles. The van der Waals surface area contributed by atoms with Crippen molar-refractivity contribution in [1.82, 2.24) is 9.13 Å². The zero-order valence-corrected chi connectivity index (χ0v) is 29.0. The number of aromatic hydroxyl groups is 1. The third-order valence-corrected chi connectivity index (χ3v) is 9.07. The van der Waals surface area contributed by atoms with Crippen LogP contribution >= 0.6 is 0 Å². The Labute approximate surface area is 380 Å². The van der Waals surface area contributed by atoms with Crippen LogP contribution in [0.3, 0.4) is 0 Å². The molecule has 0 amide bonds. The van der Waals surface area contributed by atoms with Crippen LogP contribution in [0.2, 0.25) is 0 Å². The third kappa shape index (κ3) is 5.54. The number of para-hydroxylation sites is 7. The fourth-order valence-corrected chi connectivity index (χ4v) is 6.71. The van der Waals surface area contributed by atoms with Crippen molar-refractivity contribution in [2.75, 3.05) is 0 Å². The summed E-state index contributed by atoms with van der Waals surface area (Å²) in [4.78, 5) is 0. The molecule has 0 aliphatic rings. The molecule has 2 aromatic heterocycles. The fourth-order valence-electron chi connectivity index (χ4n) is 6.71. The molecule has 0 fully saturated rings. The molecule has 4 heteroatoms. The van der Waals surface area contributed by atoms with Gasteiger partial charge in [0, 0.05) is 38.2 Å². The molecule has 2 heterocycles. The van der Waals surface area contributed by atoms with Crippen LogP contribution in [0, 0.1) is 0 Å². The van der Waals surface area contributed by atoms with Crippen molar-refractivity contribution in [2.45, 2.75) is 0 Å². The van der Waals surface area contributed by atoms with Gasteiger partial charge in [-0.2, -0.15) is 0 Å². The third-order valence-electron chi connectivity index (χ3n) is 9.07. The van der Waals surface area contributed by atoms with E-state index in [0.717, 1.165) is 22.8 Å². The number of hydrogen-bond acceptors (Lipinski definition) is 2. The minimum Gasteiger partial charge on any atom is -0.507 e. The Morgan fingerprint density at radius 2 is 0.776 bits per heavy atom. The maximum Gasteiger partial charge on any atom is 0.128 e. The number of nitrogens with zero attached hydrogens (tertiary/aromatic N) is 2. The van der Waals surface area contributed by atoms with Gasteiger partial charge in [-0.05, 0) is 89.3 Å². The lowest BCUT2D eigenvalue weighted by atomic mass is 9.96. The predicted molar refractivity (Wildman–Crippen MR) is 240 cm³/mol. The zero-order valence-electron chi connectivity index (χ0n) is 61.0. The number of benzene rings is 9. The Balaban J connectivity index is 1.28. The second-order valence-electron chi connectivity index (χ2n) is 12.3. The molecular weight excluding hydrogens is 709 g/mol. The van der Waals surface area contributed by atoms with Crippen LogP contribution in [0.15, 0.2) is 212 Å². The number of fused-ring (bicyclic) bond motifs is 6. The highest BCUT2D eigenvalue weighted by Gasteiger charge is 2.19. The van der Waals surface area contributed by atoms with Gasteiger partial charge >= 0.3 is 0 Å². The van der Waals surface area contributed by atoms with Crippen LogP contribution in [-0.4, -0.2) is 14.2 Å². The number of phenols is 1. The van der Waals surface area contributed by atoms with Gasteiger partial charge in [0.15, 0.2) is 0 Å².